The summed E-state index contributed by atoms with van der Waals surface area (Å²) in [5.41, 5.74) is 0.355. The normalized spacial score (nSPS) is 17.3. The number of aryl methyl sites for hydroxylation is 1. The molecule has 2 aromatic carbocycles. The van der Waals surface area contributed by atoms with Gasteiger partial charge in [0.25, 0.3) is 0 Å². The van der Waals surface area contributed by atoms with E-state index in [0.717, 1.165) is 37.3 Å². The van der Waals surface area contributed by atoms with E-state index in [1.807, 2.05) is 29.2 Å². The molecular formula is C29H37FN2O9. The lowest BCUT2D eigenvalue weighted by atomic mass is 9.84. The van der Waals surface area contributed by atoms with E-state index in [1.54, 1.807) is 6.07 Å². The van der Waals surface area contributed by atoms with E-state index in [9.17, 15) is 23.9 Å². The zero-order valence-corrected chi connectivity index (χ0v) is 23.0. The second-order valence-electron chi connectivity index (χ2n) is 10.5. The van der Waals surface area contributed by atoms with Crippen LogP contribution in [-0.4, -0.2) is 93.3 Å². The van der Waals surface area contributed by atoms with Gasteiger partial charge in [0.05, 0.1) is 37.3 Å². The smallest absolute Gasteiger partial charge is 0.336 e. The van der Waals surface area contributed by atoms with Crippen LogP contribution in [-0.2, 0) is 31.3 Å². The Kier molecular flexibility index (Phi) is 10.8. The molecule has 2 aromatic rings. The summed E-state index contributed by atoms with van der Waals surface area (Å²) in [7, 11) is 0. The van der Waals surface area contributed by atoms with Crippen molar-refractivity contribution in [3.8, 4) is 0 Å². The predicted molar refractivity (Wildman–Crippen MR) is 146 cm³/mol. The fourth-order valence-electron chi connectivity index (χ4n) is 4.92. The number of halogens is 1. The third-order valence-electron chi connectivity index (χ3n) is 7.33. The Labute approximate surface area is 237 Å². The molecule has 4 rings (SSSR count). The zero-order valence-electron chi connectivity index (χ0n) is 23.0. The number of aliphatic carboxylic acids is 3. The second-order valence-corrected chi connectivity index (χ2v) is 10.5. The van der Waals surface area contributed by atoms with Crippen LogP contribution in [0.5, 0.6) is 0 Å². The number of likely N-dealkylation sites (tertiary alicyclic amines) is 1. The number of morpholine rings is 1. The van der Waals surface area contributed by atoms with Crippen molar-refractivity contribution in [2.24, 2.45) is 0 Å². The number of carboxylic acid groups (broad SMARTS) is 3. The van der Waals surface area contributed by atoms with Crippen LogP contribution in [0.3, 0.4) is 0 Å². The van der Waals surface area contributed by atoms with Gasteiger partial charge in [0.15, 0.2) is 5.60 Å². The summed E-state index contributed by atoms with van der Waals surface area (Å²) in [6, 6.07) is 13.7. The number of carboxylic acids is 3. The number of benzene rings is 2. The topological polar surface area (TPSA) is 168 Å². The summed E-state index contributed by atoms with van der Waals surface area (Å²) in [5, 5.41) is 44.9. The maximum absolute atomic E-state index is 14.6. The lowest BCUT2D eigenvalue weighted by Gasteiger charge is -2.38. The number of hydrogen-bond acceptors (Lipinski definition) is 8. The van der Waals surface area contributed by atoms with Gasteiger partial charge >= 0.3 is 17.9 Å². The van der Waals surface area contributed by atoms with Crippen LogP contribution < -0.4 is 4.90 Å². The van der Waals surface area contributed by atoms with Crippen molar-refractivity contribution in [2.45, 2.75) is 50.4 Å². The summed E-state index contributed by atoms with van der Waals surface area (Å²) in [6.07, 6.45) is -0.891. The van der Waals surface area contributed by atoms with Gasteiger partial charge in [-0.25, -0.2) is 9.18 Å². The maximum atomic E-state index is 14.6. The zero-order chi connectivity index (χ0) is 30.2. The molecule has 0 unspecified atom stereocenters. The molecule has 11 nitrogen and oxygen atoms in total. The highest BCUT2D eigenvalue weighted by Crippen LogP contribution is 2.33. The van der Waals surface area contributed by atoms with Gasteiger partial charge in [0.2, 0.25) is 0 Å². The van der Waals surface area contributed by atoms with Crippen molar-refractivity contribution in [3.63, 3.8) is 0 Å². The Bertz CT molecular complexity index is 1190. The molecule has 2 saturated heterocycles. The third-order valence-corrected chi connectivity index (χ3v) is 7.33. The lowest BCUT2D eigenvalue weighted by Crippen LogP contribution is -2.42. The van der Waals surface area contributed by atoms with Gasteiger partial charge in [-0.05, 0) is 43.0 Å². The molecule has 0 aliphatic carbocycles. The monoisotopic (exact) mass is 576 g/mol. The summed E-state index contributed by atoms with van der Waals surface area (Å²) in [4.78, 5) is 34.8. The van der Waals surface area contributed by atoms with Gasteiger partial charge in [-0.15, -0.1) is 0 Å². The molecule has 5 N–H and O–H groups in total. The molecule has 0 amide bonds. The summed E-state index contributed by atoms with van der Waals surface area (Å²) >= 11 is 0. The van der Waals surface area contributed by atoms with E-state index in [0.29, 0.717) is 38.3 Å². The molecular weight excluding hydrogens is 539 g/mol. The molecule has 0 radical (unpaired) electrons. The van der Waals surface area contributed by atoms with Crippen LogP contribution in [0.4, 0.5) is 10.1 Å². The van der Waals surface area contributed by atoms with Crippen LogP contribution in [0.25, 0.3) is 0 Å². The van der Waals surface area contributed by atoms with Crippen molar-refractivity contribution < 1.29 is 49.0 Å². The largest absolute Gasteiger partial charge is 0.481 e. The number of anilines is 1. The summed E-state index contributed by atoms with van der Waals surface area (Å²) in [5.74, 6) is -5.18. The Balaban J connectivity index is 0.000000302. The average Bonchev–Trinajstić information content (AvgIpc) is 2.90. The van der Waals surface area contributed by atoms with E-state index >= 15 is 0 Å². The van der Waals surface area contributed by atoms with Gasteiger partial charge in [0.1, 0.15) is 5.82 Å². The van der Waals surface area contributed by atoms with Crippen molar-refractivity contribution in [1.82, 2.24) is 4.90 Å². The Morgan fingerprint density at radius 2 is 1.49 bits per heavy atom. The van der Waals surface area contributed by atoms with Crippen LogP contribution in [0.1, 0.15) is 42.4 Å². The highest BCUT2D eigenvalue weighted by atomic mass is 19.1. The van der Waals surface area contributed by atoms with Gasteiger partial charge in [0, 0.05) is 32.7 Å². The van der Waals surface area contributed by atoms with Gasteiger partial charge in [-0.1, -0.05) is 35.9 Å². The quantitative estimate of drug-likeness (QED) is 0.297. The first-order valence-electron chi connectivity index (χ1n) is 13.3. The number of ether oxygens (including phenoxy) is 1. The predicted octanol–water partition coefficient (Wildman–Crippen LogP) is 2.21. The van der Waals surface area contributed by atoms with E-state index in [1.165, 1.54) is 5.56 Å². The third kappa shape index (κ3) is 8.95. The minimum atomic E-state index is -2.74. The molecule has 2 heterocycles. The molecule has 2 aliphatic rings. The minimum absolute atomic E-state index is 0.160. The fourth-order valence-corrected chi connectivity index (χ4v) is 4.92. The number of aliphatic hydroxyl groups is 2. The number of carbonyl (C=O) groups is 3. The maximum Gasteiger partial charge on any atom is 0.336 e. The minimum Gasteiger partial charge on any atom is -0.481 e. The molecule has 41 heavy (non-hydrogen) atoms. The molecule has 0 bridgehead atoms. The van der Waals surface area contributed by atoms with E-state index in [-0.39, 0.29) is 5.82 Å². The summed E-state index contributed by atoms with van der Waals surface area (Å²) in [6.45, 7) is 7.15. The molecule has 224 valence electrons. The average molecular weight is 577 g/mol. The number of rotatable bonds is 9. The number of hydrogen-bond donors (Lipinski definition) is 5. The highest BCUT2D eigenvalue weighted by molar-refractivity contribution is 5.88. The van der Waals surface area contributed by atoms with Gasteiger partial charge < -0.3 is 35.2 Å². The first-order chi connectivity index (χ1) is 19.3. The standard InChI is InChI=1S/C23H29FN2O2.C6H8O7/c1-18-2-5-20(6-3-18)23(27)8-10-25(11-9-23)17-19-4-7-22(21(24)16-19)26-12-14-28-15-13-26;7-3(8)1-6(13,5(11)12)2-4(9)10/h2-7,16,27H,8-15,17H2,1H3;13H,1-2H2,(H,7,8)(H,9,10)(H,11,12). The lowest BCUT2D eigenvalue weighted by molar-refractivity contribution is -0.170. The molecule has 0 atom stereocenters. The van der Waals surface area contributed by atoms with Gasteiger partial charge in [-0.3, -0.25) is 14.5 Å². The Morgan fingerprint density at radius 1 is 0.927 bits per heavy atom. The first-order valence-corrected chi connectivity index (χ1v) is 13.3. The van der Waals surface area contributed by atoms with E-state index in [2.05, 4.69) is 24.0 Å². The van der Waals surface area contributed by atoms with Crippen molar-refractivity contribution in [3.05, 3.63) is 65.0 Å². The molecule has 0 spiro atoms. The molecule has 0 saturated carbocycles. The number of piperidine rings is 1. The van der Waals surface area contributed by atoms with Crippen LogP contribution in [0, 0.1) is 12.7 Å². The Morgan fingerprint density at radius 3 is 1.98 bits per heavy atom. The van der Waals surface area contributed by atoms with Crippen molar-refractivity contribution in [2.75, 3.05) is 44.3 Å². The van der Waals surface area contributed by atoms with Gasteiger partial charge in [-0.2, -0.15) is 0 Å². The number of nitrogens with zero attached hydrogens (tertiary/aromatic N) is 2. The molecule has 12 heteroatoms. The molecule has 2 fully saturated rings. The van der Waals surface area contributed by atoms with Crippen LogP contribution in [0.15, 0.2) is 42.5 Å². The van der Waals surface area contributed by atoms with Crippen molar-refractivity contribution in [1.29, 1.82) is 0 Å². The van der Waals surface area contributed by atoms with Crippen molar-refractivity contribution >= 4 is 23.6 Å². The Hall–Kier alpha value is -3.58. The molecule has 0 aromatic heterocycles. The summed E-state index contributed by atoms with van der Waals surface area (Å²) < 4.78 is 20.0. The fraction of sp³-hybridized carbons (Fsp3) is 0.483. The highest BCUT2D eigenvalue weighted by Gasteiger charge is 2.40. The first kappa shape index (κ1) is 31.9. The second kappa shape index (κ2) is 13.9. The molecule has 2 aliphatic heterocycles. The van der Waals surface area contributed by atoms with Crippen LogP contribution in [0.2, 0.25) is 0 Å². The SMILES string of the molecule is Cc1ccc(C2(O)CCN(Cc3ccc(N4CCOCC4)c(F)c3)CC2)cc1.O=C(O)CC(O)(CC(=O)O)C(=O)O. The van der Waals surface area contributed by atoms with E-state index in [4.69, 9.17) is 25.2 Å². The van der Waals surface area contributed by atoms with Crippen LogP contribution >= 0.6 is 0 Å². The van der Waals surface area contributed by atoms with E-state index < -0.39 is 42.0 Å².